The van der Waals surface area contributed by atoms with Crippen molar-refractivity contribution in [3.8, 4) is 0 Å². The van der Waals surface area contributed by atoms with Crippen LogP contribution in [0.3, 0.4) is 0 Å². The zero-order valence-electron chi connectivity index (χ0n) is 14.9. The van der Waals surface area contributed by atoms with E-state index >= 15 is 0 Å². The van der Waals surface area contributed by atoms with Crippen molar-refractivity contribution in [2.24, 2.45) is 7.05 Å². The fourth-order valence-electron chi connectivity index (χ4n) is 3.19. The predicted molar refractivity (Wildman–Crippen MR) is 103 cm³/mol. The van der Waals surface area contributed by atoms with Crippen LogP contribution in [0.5, 0.6) is 0 Å². The van der Waals surface area contributed by atoms with E-state index in [-0.39, 0.29) is 23.4 Å². The minimum absolute atomic E-state index is 0.0360. The second-order valence-corrected chi connectivity index (χ2v) is 6.43. The van der Waals surface area contributed by atoms with Crippen LogP contribution < -0.4 is 10.9 Å². The van der Waals surface area contributed by atoms with Gasteiger partial charge in [0, 0.05) is 31.3 Å². The maximum absolute atomic E-state index is 12.7. The first-order valence-corrected chi connectivity index (χ1v) is 8.63. The van der Waals surface area contributed by atoms with Crippen molar-refractivity contribution in [2.45, 2.75) is 18.9 Å². The topological polar surface area (TPSA) is 51.1 Å². The van der Waals surface area contributed by atoms with E-state index in [2.05, 4.69) is 29.6 Å². The lowest BCUT2D eigenvalue weighted by Crippen LogP contribution is -2.38. The van der Waals surface area contributed by atoms with Crippen molar-refractivity contribution >= 4 is 5.91 Å². The molecular weight excluding hydrogens is 324 g/mol. The molecule has 1 heterocycles. The van der Waals surface area contributed by atoms with Crippen molar-refractivity contribution in [1.82, 2.24) is 9.88 Å². The summed E-state index contributed by atoms with van der Waals surface area (Å²) in [6, 6.07) is 23.1. The largest absolute Gasteiger partial charge is 0.349 e. The van der Waals surface area contributed by atoms with Crippen LogP contribution in [0.1, 0.15) is 34.3 Å². The number of benzene rings is 2. The van der Waals surface area contributed by atoms with Crippen molar-refractivity contribution in [2.75, 3.05) is 0 Å². The van der Waals surface area contributed by atoms with Gasteiger partial charge in [-0.15, -0.1) is 0 Å². The molecule has 0 bridgehead atoms. The monoisotopic (exact) mass is 346 g/mol. The van der Waals surface area contributed by atoms with Crippen LogP contribution >= 0.6 is 0 Å². The van der Waals surface area contributed by atoms with Gasteiger partial charge >= 0.3 is 0 Å². The summed E-state index contributed by atoms with van der Waals surface area (Å²) < 4.78 is 1.41. The molecule has 4 nitrogen and oxygen atoms in total. The number of pyridine rings is 1. The number of nitrogens with one attached hydrogen (secondary N) is 1. The molecule has 0 unspecified atom stereocenters. The lowest BCUT2D eigenvalue weighted by molar-refractivity contribution is 0.0936. The minimum Gasteiger partial charge on any atom is -0.349 e. The molecule has 0 saturated heterocycles. The van der Waals surface area contributed by atoms with Gasteiger partial charge in [0.2, 0.25) is 5.56 Å². The number of carbonyl (C=O) groups excluding carboxylic acids is 1. The molecule has 0 aliphatic rings. The van der Waals surface area contributed by atoms with E-state index in [1.807, 2.05) is 43.3 Å². The van der Waals surface area contributed by atoms with Gasteiger partial charge in [-0.2, -0.15) is 0 Å². The van der Waals surface area contributed by atoms with Gasteiger partial charge in [0.25, 0.3) is 5.91 Å². The molecule has 132 valence electrons. The standard InChI is InChI=1S/C22H22N2O2/c1-16(23-22(26)19-13-14-20(25)24(2)15-19)21(17-9-5-3-6-10-17)18-11-7-4-8-12-18/h3-16,21H,1-2H3,(H,23,26)/t16-/m1/s1. The molecule has 1 aromatic heterocycles. The Morgan fingerprint density at radius 3 is 1.92 bits per heavy atom. The first-order valence-electron chi connectivity index (χ1n) is 8.63. The summed E-state index contributed by atoms with van der Waals surface area (Å²) in [5.41, 5.74) is 2.62. The van der Waals surface area contributed by atoms with Crippen LogP contribution in [0, 0.1) is 0 Å². The summed E-state index contributed by atoms with van der Waals surface area (Å²) in [6.45, 7) is 2.00. The van der Waals surface area contributed by atoms with E-state index in [4.69, 9.17) is 0 Å². The van der Waals surface area contributed by atoms with Crippen molar-refractivity contribution in [3.63, 3.8) is 0 Å². The third-order valence-corrected chi connectivity index (χ3v) is 4.52. The lowest BCUT2D eigenvalue weighted by Gasteiger charge is -2.26. The average molecular weight is 346 g/mol. The average Bonchev–Trinajstić information content (AvgIpc) is 2.66. The Kier molecular flexibility index (Phi) is 5.32. The van der Waals surface area contributed by atoms with Gasteiger partial charge in [-0.3, -0.25) is 9.59 Å². The lowest BCUT2D eigenvalue weighted by atomic mass is 9.85. The van der Waals surface area contributed by atoms with Gasteiger partial charge in [-0.05, 0) is 24.1 Å². The van der Waals surface area contributed by atoms with Crippen LogP contribution in [0.15, 0.2) is 83.8 Å². The SMILES string of the molecule is C[C@@H](NC(=O)c1ccc(=O)n(C)c1)C(c1ccccc1)c1ccccc1. The highest BCUT2D eigenvalue weighted by molar-refractivity contribution is 5.94. The van der Waals surface area contributed by atoms with Crippen LogP contribution in [0.2, 0.25) is 0 Å². The summed E-state index contributed by atoms with van der Waals surface area (Å²) in [4.78, 5) is 24.2. The highest BCUT2D eigenvalue weighted by Crippen LogP contribution is 2.28. The number of hydrogen-bond acceptors (Lipinski definition) is 2. The molecule has 1 N–H and O–H groups in total. The molecule has 4 heteroatoms. The summed E-state index contributed by atoms with van der Waals surface area (Å²) >= 11 is 0. The first-order chi connectivity index (χ1) is 12.6. The third kappa shape index (κ3) is 3.91. The van der Waals surface area contributed by atoms with Gasteiger partial charge in [0.15, 0.2) is 0 Å². The normalized spacial score (nSPS) is 12.0. The highest BCUT2D eigenvalue weighted by Gasteiger charge is 2.23. The Hall–Kier alpha value is -3.14. The zero-order chi connectivity index (χ0) is 18.5. The number of nitrogens with zero attached hydrogens (tertiary/aromatic N) is 1. The van der Waals surface area contributed by atoms with Gasteiger partial charge in [-0.25, -0.2) is 0 Å². The molecule has 2 aromatic carbocycles. The molecule has 1 amide bonds. The maximum atomic E-state index is 12.7. The second-order valence-electron chi connectivity index (χ2n) is 6.43. The number of rotatable bonds is 5. The molecule has 0 aliphatic carbocycles. The molecular formula is C22H22N2O2. The number of amides is 1. The summed E-state index contributed by atoms with van der Waals surface area (Å²) in [5, 5.41) is 3.09. The Morgan fingerprint density at radius 2 is 1.42 bits per heavy atom. The van der Waals surface area contributed by atoms with Gasteiger partial charge in [0.1, 0.15) is 0 Å². The van der Waals surface area contributed by atoms with Gasteiger partial charge in [-0.1, -0.05) is 60.7 Å². The van der Waals surface area contributed by atoms with E-state index in [0.29, 0.717) is 5.56 Å². The fraction of sp³-hybridized carbons (Fsp3) is 0.182. The molecule has 1 atom stereocenters. The Morgan fingerprint density at radius 1 is 0.885 bits per heavy atom. The van der Waals surface area contributed by atoms with Crippen LogP contribution in [0.4, 0.5) is 0 Å². The van der Waals surface area contributed by atoms with Crippen LogP contribution in [0.25, 0.3) is 0 Å². The van der Waals surface area contributed by atoms with Crippen molar-refractivity contribution < 1.29 is 4.79 Å². The van der Waals surface area contributed by atoms with Crippen molar-refractivity contribution in [1.29, 1.82) is 0 Å². The fourth-order valence-corrected chi connectivity index (χ4v) is 3.19. The first kappa shape index (κ1) is 17.7. The molecule has 0 aliphatic heterocycles. The maximum Gasteiger partial charge on any atom is 0.253 e. The summed E-state index contributed by atoms with van der Waals surface area (Å²) in [5.74, 6) is -0.154. The van der Waals surface area contributed by atoms with E-state index in [9.17, 15) is 9.59 Å². The third-order valence-electron chi connectivity index (χ3n) is 4.52. The van der Waals surface area contributed by atoms with E-state index in [1.54, 1.807) is 19.3 Å². The molecule has 0 saturated carbocycles. The Labute approximate surface area is 153 Å². The quantitative estimate of drug-likeness (QED) is 0.770. The molecule has 0 spiro atoms. The molecule has 26 heavy (non-hydrogen) atoms. The smallest absolute Gasteiger partial charge is 0.253 e. The number of carbonyl (C=O) groups is 1. The van der Waals surface area contributed by atoms with E-state index < -0.39 is 0 Å². The number of aryl methyl sites for hydroxylation is 1. The minimum atomic E-state index is -0.190. The van der Waals surface area contributed by atoms with Crippen molar-refractivity contribution in [3.05, 3.63) is 106 Å². The molecule has 0 fully saturated rings. The zero-order valence-corrected chi connectivity index (χ0v) is 14.9. The van der Waals surface area contributed by atoms with E-state index in [1.165, 1.54) is 10.6 Å². The molecule has 0 radical (unpaired) electrons. The molecule has 3 rings (SSSR count). The second kappa shape index (κ2) is 7.83. The van der Waals surface area contributed by atoms with Crippen LogP contribution in [-0.4, -0.2) is 16.5 Å². The predicted octanol–water partition coefficient (Wildman–Crippen LogP) is 3.34. The molecule has 3 aromatic rings. The summed E-state index contributed by atoms with van der Waals surface area (Å²) in [6.07, 6.45) is 1.56. The van der Waals surface area contributed by atoms with Gasteiger partial charge < -0.3 is 9.88 Å². The summed E-state index contributed by atoms with van der Waals surface area (Å²) in [7, 11) is 1.64. The Bertz CT molecular complexity index is 894. The highest BCUT2D eigenvalue weighted by atomic mass is 16.2. The number of aromatic nitrogens is 1. The van der Waals surface area contributed by atoms with E-state index in [0.717, 1.165) is 11.1 Å². The number of hydrogen-bond donors (Lipinski definition) is 1. The van der Waals surface area contributed by atoms with Crippen LogP contribution in [-0.2, 0) is 7.05 Å². The Balaban J connectivity index is 1.88. The van der Waals surface area contributed by atoms with Gasteiger partial charge in [0.05, 0.1) is 5.56 Å².